The number of benzene rings is 1. The standard InChI is InChI=1S/C30H10F35N3O5/c1-7-3-9(66-4-69)12(67-5-70)11(10(7)13(72)68-6-73-8(2)71)14(31,32)15(33,34)16(35,36)17(37,38)18(39,40)19(41,42)20(43,44)21(45,46)22(47,48)23(49,50)24(51,52)25(53,54)26(55,56)27(57,58)28(59,60)29(61,62)30(63,64)65/h3H,6H2,1-2H3,(H,68,72). The summed E-state index contributed by atoms with van der Waals surface area (Å²) in [5, 5.41) is 1.08. The molecule has 0 heterocycles. The van der Waals surface area contributed by atoms with Crippen molar-refractivity contribution in [2.24, 2.45) is 9.98 Å². The number of halogens is 35. The van der Waals surface area contributed by atoms with Crippen molar-refractivity contribution < 1.29 is 178 Å². The number of ether oxygens (including phenoxy) is 1. The molecule has 0 atom stereocenters. The number of nitrogens with zero attached hydrogens (tertiary/aromatic N) is 2. The first-order chi connectivity index (χ1) is 31.6. The molecule has 73 heavy (non-hydrogen) atoms. The minimum atomic E-state index is -10.5. The summed E-state index contributed by atoms with van der Waals surface area (Å²) in [5.74, 6) is -162. The lowest BCUT2D eigenvalue weighted by Crippen LogP contribution is -2.80. The summed E-state index contributed by atoms with van der Waals surface area (Å²) in [6.45, 7) is -1.13. The summed E-state index contributed by atoms with van der Waals surface area (Å²) in [7, 11) is 0. The van der Waals surface area contributed by atoms with Crippen molar-refractivity contribution in [3.8, 4) is 0 Å². The fourth-order valence-electron chi connectivity index (χ4n) is 5.07. The van der Waals surface area contributed by atoms with Gasteiger partial charge in [0.15, 0.2) is 6.73 Å². The number of rotatable bonds is 21. The lowest BCUT2D eigenvalue weighted by molar-refractivity contribution is -0.492. The summed E-state index contributed by atoms with van der Waals surface area (Å²) in [6, 6.07) is -0.0985. The summed E-state index contributed by atoms with van der Waals surface area (Å²) >= 11 is 0. The summed E-state index contributed by atoms with van der Waals surface area (Å²) < 4.78 is 499. The Labute approximate surface area is 373 Å². The maximum absolute atomic E-state index is 15.7. The van der Waals surface area contributed by atoms with Crippen molar-refractivity contribution >= 4 is 35.4 Å². The molecule has 1 rings (SSSR count). The van der Waals surface area contributed by atoms with E-state index in [1.165, 1.54) is 0 Å². The zero-order valence-electron chi connectivity index (χ0n) is 32.9. The Hall–Kier alpha value is -5.53. The topological polar surface area (TPSA) is 114 Å². The highest BCUT2D eigenvalue weighted by atomic mass is 19.4. The maximum Gasteiger partial charge on any atom is 0.460 e. The van der Waals surface area contributed by atoms with Crippen LogP contribution in [0.15, 0.2) is 16.1 Å². The third-order valence-electron chi connectivity index (χ3n) is 9.12. The Morgan fingerprint density at radius 2 is 0.712 bits per heavy atom. The molecule has 0 saturated heterocycles. The van der Waals surface area contributed by atoms with E-state index in [1.54, 1.807) is 0 Å². The molecule has 0 aliphatic carbocycles. The van der Waals surface area contributed by atoms with Crippen LogP contribution in [-0.4, -0.2) is 126 Å². The average molecular weight is 1160 g/mol. The highest BCUT2D eigenvalue weighted by Crippen LogP contribution is 2.71. The van der Waals surface area contributed by atoms with Gasteiger partial charge in [-0.1, -0.05) is 0 Å². The second-order valence-corrected chi connectivity index (χ2v) is 13.7. The monoisotopic (exact) mass is 1160 g/mol. The van der Waals surface area contributed by atoms with Crippen LogP contribution in [0.4, 0.5) is 165 Å². The van der Waals surface area contributed by atoms with Crippen molar-refractivity contribution in [3.05, 3.63) is 22.8 Å². The van der Waals surface area contributed by atoms with E-state index in [2.05, 4.69) is 14.7 Å². The van der Waals surface area contributed by atoms with Gasteiger partial charge in [-0.25, -0.2) is 9.59 Å². The fraction of sp³-hybridized carbons (Fsp3) is 0.667. The third kappa shape index (κ3) is 8.48. The molecule has 1 aromatic carbocycles. The van der Waals surface area contributed by atoms with E-state index in [-0.39, 0.29) is 25.1 Å². The van der Waals surface area contributed by atoms with Crippen molar-refractivity contribution in [1.82, 2.24) is 5.32 Å². The van der Waals surface area contributed by atoms with Gasteiger partial charge in [-0.05, 0) is 18.6 Å². The van der Waals surface area contributed by atoms with Gasteiger partial charge in [-0.15, -0.1) is 0 Å². The molecule has 43 heteroatoms. The second-order valence-electron chi connectivity index (χ2n) is 13.7. The minimum absolute atomic E-state index is 0.0329. The molecule has 0 saturated carbocycles. The SMILES string of the molecule is CC(=O)OCNC(=O)c1c(C)cc(N=C=O)c(N=C=O)c1C(F)(F)C(F)(F)C(F)(F)C(F)(F)C(F)(F)C(F)(F)C(F)(F)C(F)(F)C(F)(F)C(F)(F)C(F)(F)C(F)(F)C(F)(F)C(F)(F)C(F)(F)C(F)(F)C(F)(F)F. The molecule has 0 aliphatic rings. The molecular weight excluding hydrogens is 1150 g/mol. The van der Waals surface area contributed by atoms with Gasteiger partial charge >= 0.3 is 107 Å². The quantitative estimate of drug-likeness (QED) is 0.0433. The van der Waals surface area contributed by atoms with Gasteiger partial charge in [-0.2, -0.15) is 164 Å². The minimum Gasteiger partial charge on any atom is -0.445 e. The molecule has 0 aliphatic heterocycles. The van der Waals surface area contributed by atoms with Crippen LogP contribution in [0.2, 0.25) is 0 Å². The number of aliphatic imine (C=N–C) groups is 2. The molecule has 420 valence electrons. The Morgan fingerprint density at radius 3 is 0.959 bits per heavy atom. The number of nitrogens with one attached hydrogen (secondary N) is 1. The van der Waals surface area contributed by atoms with Crippen molar-refractivity contribution in [2.75, 3.05) is 6.73 Å². The van der Waals surface area contributed by atoms with Gasteiger partial charge in [0.2, 0.25) is 12.2 Å². The highest BCUT2D eigenvalue weighted by molar-refractivity contribution is 6.00. The van der Waals surface area contributed by atoms with Crippen LogP contribution in [0.1, 0.15) is 28.4 Å². The number of carbonyl (C=O) groups is 2. The molecule has 0 bridgehead atoms. The maximum atomic E-state index is 15.7. The van der Waals surface area contributed by atoms with Gasteiger partial charge in [0.05, 0.1) is 11.1 Å². The first kappa shape index (κ1) is 65.5. The molecule has 1 N–H and O–H groups in total. The van der Waals surface area contributed by atoms with Crippen LogP contribution < -0.4 is 5.32 Å². The van der Waals surface area contributed by atoms with E-state index in [9.17, 15) is 155 Å². The Kier molecular flexibility index (Phi) is 16.2. The molecule has 0 unspecified atom stereocenters. The first-order valence-electron chi connectivity index (χ1n) is 16.5. The Balaban J connectivity index is 4.36. The lowest BCUT2D eigenvalue weighted by Gasteiger charge is -2.47. The smallest absolute Gasteiger partial charge is 0.445 e. The van der Waals surface area contributed by atoms with Crippen molar-refractivity contribution in [2.45, 2.75) is 115 Å². The Morgan fingerprint density at radius 1 is 0.452 bits per heavy atom. The van der Waals surface area contributed by atoms with Crippen LogP contribution in [0.5, 0.6) is 0 Å². The average Bonchev–Trinajstić information content (AvgIpc) is 3.19. The molecule has 0 aromatic heterocycles. The molecule has 0 fully saturated rings. The third-order valence-corrected chi connectivity index (χ3v) is 9.12. The molecule has 0 spiro atoms. The molecular formula is C30H10F35N3O5. The van der Waals surface area contributed by atoms with Crippen LogP contribution in [0.3, 0.4) is 0 Å². The van der Waals surface area contributed by atoms with Crippen molar-refractivity contribution in [1.29, 1.82) is 0 Å². The lowest BCUT2D eigenvalue weighted by atomic mass is 9.81. The molecule has 0 radical (unpaired) electrons. The van der Waals surface area contributed by atoms with Crippen LogP contribution in [-0.2, 0) is 25.0 Å². The zero-order chi connectivity index (χ0) is 59.2. The number of carbonyl (C=O) groups excluding carboxylic acids is 4. The van der Waals surface area contributed by atoms with E-state index in [1.807, 2.05) is 0 Å². The number of aryl methyl sites for hydroxylation is 1. The number of hydrogen-bond donors (Lipinski definition) is 1. The normalized spacial score (nSPS) is 15.4. The first-order valence-corrected chi connectivity index (χ1v) is 16.5. The van der Waals surface area contributed by atoms with Gasteiger partial charge in [-0.3, -0.25) is 9.59 Å². The van der Waals surface area contributed by atoms with E-state index >= 15 is 17.6 Å². The molecule has 1 amide bonds. The van der Waals surface area contributed by atoms with Crippen molar-refractivity contribution in [3.63, 3.8) is 0 Å². The predicted molar refractivity (Wildman–Crippen MR) is 155 cm³/mol. The van der Waals surface area contributed by atoms with E-state index in [0.29, 0.717) is 6.92 Å². The van der Waals surface area contributed by atoms with E-state index in [4.69, 9.17) is 0 Å². The molecule has 8 nitrogen and oxygen atoms in total. The second kappa shape index (κ2) is 18.1. The summed E-state index contributed by atoms with van der Waals surface area (Å²) in [5.41, 5.74) is -12.6. The zero-order valence-corrected chi connectivity index (χ0v) is 32.9. The van der Waals surface area contributed by atoms with Crippen LogP contribution >= 0.6 is 0 Å². The summed E-state index contributed by atoms with van der Waals surface area (Å²) in [4.78, 5) is 49.7. The largest absolute Gasteiger partial charge is 0.460 e. The number of isocyanates is 2. The predicted octanol–water partition coefficient (Wildman–Crippen LogP) is 12.4. The number of hydrogen-bond acceptors (Lipinski definition) is 7. The Bertz CT molecular complexity index is 2390. The van der Waals surface area contributed by atoms with Gasteiger partial charge in [0.25, 0.3) is 5.91 Å². The van der Waals surface area contributed by atoms with Crippen LogP contribution in [0, 0.1) is 6.92 Å². The molecule has 1 aromatic rings. The van der Waals surface area contributed by atoms with Crippen LogP contribution in [0.25, 0.3) is 0 Å². The van der Waals surface area contributed by atoms with E-state index < -0.39 is 148 Å². The number of amides is 1. The van der Waals surface area contributed by atoms with Gasteiger partial charge < -0.3 is 10.1 Å². The van der Waals surface area contributed by atoms with Gasteiger partial charge in [0, 0.05) is 6.92 Å². The number of alkyl halides is 35. The fourth-order valence-corrected chi connectivity index (χ4v) is 5.07. The number of esters is 1. The van der Waals surface area contributed by atoms with E-state index in [0.717, 1.165) is 5.32 Å². The highest BCUT2D eigenvalue weighted by Gasteiger charge is 3.02. The summed E-state index contributed by atoms with van der Waals surface area (Å²) in [6.07, 6.45) is -8.17. The van der Waals surface area contributed by atoms with Gasteiger partial charge in [0.1, 0.15) is 11.4 Å².